The number of hydrogen-bond donors (Lipinski definition) is 3. The van der Waals surface area contributed by atoms with Crippen LogP contribution in [-0.4, -0.2) is 100 Å². The Morgan fingerprint density at radius 1 is 1.21 bits per heavy atom. The monoisotopic (exact) mass is 404 g/mol. The standard InChI is InChI=1S/C19H25N5O5/c1-12(25)9-20-18-21-16-15(17(27)23(3)19(28)22(16)2)24(18)10-13(26)11-29-14-7-5-4-6-8-14/h4-8,12-13,15,25-26H,9-11H2,1-3H3/p+1. The Morgan fingerprint density at radius 3 is 2.55 bits per heavy atom. The molecular weight excluding hydrogens is 378 g/mol. The van der Waals surface area contributed by atoms with E-state index in [0.29, 0.717) is 11.7 Å². The lowest BCUT2D eigenvalue weighted by atomic mass is 10.1. The van der Waals surface area contributed by atoms with Gasteiger partial charge in [-0.1, -0.05) is 23.2 Å². The van der Waals surface area contributed by atoms with E-state index in [4.69, 9.17) is 4.74 Å². The predicted octanol–water partition coefficient (Wildman–Crippen LogP) is -0.930. The molecule has 156 valence electrons. The molecule has 3 atom stereocenters. The van der Waals surface area contributed by atoms with Gasteiger partial charge in [0.15, 0.2) is 0 Å². The number of likely N-dealkylation sites (N-methyl/N-ethyl adjacent to an activating group) is 2. The Bertz CT molecular complexity index is 839. The van der Waals surface area contributed by atoms with Gasteiger partial charge in [-0.15, -0.1) is 0 Å². The van der Waals surface area contributed by atoms with E-state index in [-0.39, 0.29) is 25.5 Å². The summed E-state index contributed by atoms with van der Waals surface area (Å²) in [6.45, 7) is 1.89. The molecule has 3 unspecified atom stereocenters. The van der Waals surface area contributed by atoms with Crippen LogP contribution in [0.15, 0.2) is 35.3 Å². The number of fused-ring (bicyclic) bond motifs is 1. The van der Waals surface area contributed by atoms with Gasteiger partial charge in [-0.25, -0.2) is 9.37 Å². The molecule has 29 heavy (non-hydrogen) atoms. The molecule has 0 spiro atoms. The van der Waals surface area contributed by atoms with E-state index in [0.717, 1.165) is 4.90 Å². The second-order valence-electron chi connectivity index (χ2n) is 7.10. The van der Waals surface area contributed by atoms with Crippen LogP contribution in [0, 0.1) is 0 Å². The van der Waals surface area contributed by atoms with Gasteiger partial charge in [0.05, 0.1) is 19.2 Å². The topological polar surface area (TPSA) is 118 Å². The third-order valence-electron chi connectivity index (χ3n) is 4.68. The van der Waals surface area contributed by atoms with E-state index >= 15 is 0 Å². The van der Waals surface area contributed by atoms with Gasteiger partial charge in [-0.3, -0.25) is 19.9 Å². The fraction of sp³-hybridized carbons (Fsp3) is 0.474. The maximum absolute atomic E-state index is 12.8. The molecule has 3 amide bonds. The first-order valence-corrected chi connectivity index (χ1v) is 9.35. The zero-order valence-electron chi connectivity index (χ0n) is 16.6. The van der Waals surface area contributed by atoms with E-state index in [1.807, 2.05) is 18.2 Å². The van der Waals surface area contributed by atoms with Gasteiger partial charge in [0.1, 0.15) is 18.5 Å². The van der Waals surface area contributed by atoms with Crippen molar-refractivity contribution in [3.05, 3.63) is 30.3 Å². The van der Waals surface area contributed by atoms with Crippen LogP contribution in [0.25, 0.3) is 0 Å². The van der Waals surface area contributed by atoms with Gasteiger partial charge in [0.25, 0.3) is 5.91 Å². The summed E-state index contributed by atoms with van der Waals surface area (Å²) in [5.41, 5.74) is 0. The zero-order valence-corrected chi connectivity index (χ0v) is 16.6. The minimum Gasteiger partial charge on any atom is -0.491 e. The minimum absolute atomic E-state index is 0.0189. The van der Waals surface area contributed by atoms with Gasteiger partial charge in [0, 0.05) is 14.1 Å². The number of carbonyl (C=O) groups excluding carboxylic acids is 2. The SMILES string of the molecule is CC(O)CNC1=[N+](CC(O)COc2ccccc2)C2C(=O)N(C)C(=O)N(C)C2=N1. The summed E-state index contributed by atoms with van der Waals surface area (Å²) in [5, 5.41) is 23.1. The summed E-state index contributed by atoms with van der Waals surface area (Å²) < 4.78 is 7.19. The van der Waals surface area contributed by atoms with E-state index in [9.17, 15) is 19.8 Å². The maximum atomic E-state index is 12.8. The number of rotatable bonds is 7. The van der Waals surface area contributed by atoms with Crippen molar-refractivity contribution in [2.45, 2.75) is 25.2 Å². The highest BCUT2D eigenvalue weighted by atomic mass is 16.5. The third-order valence-corrected chi connectivity index (χ3v) is 4.68. The number of β-amino-alcohol motifs (C(OH)–C–C–N with tert-alkyl or cyclic N) is 1. The van der Waals surface area contributed by atoms with Crippen LogP contribution in [0.2, 0.25) is 0 Å². The number of benzene rings is 1. The number of aliphatic imine (C=N–C) groups is 1. The number of urea groups is 1. The van der Waals surface area contributed by atoms with Crippen LogP contribution in [0.3, 0.4) is 0 Å². The number of para-hydroxylation sites is 1. The molecule has 10 nitrogen and oxygen atoms in total. The molecule has 0 bridgehead atoms. The zero-order chi connectivity index (χ0) is 21.1. The maximum Gasteiger partial charge on any atom is 0.390 e. The molecule has 10 heteroatoms. The number of aliphatic hydroxyl groups is 2. The highest BCUT2D eigenvalue weighted by Crippen LogP contribution is 2.19. The number of aliphatic hydroxyl groups excluding tert-OH is 2. The van der Waals surface area contributed by atoms with Crippen molar-refractivity contribution < 1.29 is 29.1 Å². The molecular formula is C19H26N5O5+. The molecule has 0 aliphatic carbocycles. The molecule has 2 aliphatic rings. The molecule has 3 N–H and O–H groups in total. The van der Waals surface area contributed by atoms with Crippen LogP contribution < -0.4 is 10.1 Å². The number of carbonyl (C=O) groups is 2. The average Bonchev–Trinajstić information content (AvgIpc) is 3.06. The second-order valence-corrected chi connectivity index (χ2v) is 7.10. The van der Waals surface area contributed by atoms with Gasteiger partial charge in [-0.2, -0.15) is 0 Å². The fourth-order valence-electron chi connectivity index (χ4n) is 3.16. The Labute approximate surface area is 168 Å². The molecule has 1 aromatic rings. The van der Waals surface area contributed by atoms with Crippen molar-refractivity contribution in [1.29, 1.82) is 0 Å². The molecule has 2 heterocycles. The molecule has 0 radical (unpaired) electrons. The summed E-state index contributed by atoms with van der Waals surface area (Å²) in [6.07, 6.45) is -1.56. The first-order chi connectivity index (χ1) is 13.8. The first-order valence-electron chi connectivity index (χ1n) is 9.35. The lowest BCUT2D eigenvalue weighted by molar-refractivity contribution is -0.545. The predicted molar refractivity (Wildman–Crippen MR) is 105 cm³/mol. The quantitative estimate of drug-likeness (QED) is 0.506. The largest absolute Gasteiger partial charge is 0.491 e. The van der Waals surface area contributed by atoms with Gasteiger partial charge < -0.3 is 14.9 Å². The van der Waals surface area contributed by atoms with Crippen molar-refractivity contribution in [2.75, 3.05) is 33.8 Å². The lowest BCUT2D eigenvalue weighted by Gasteiger charge is -2.32. The summed E-state index contributed by atoms with van der Waals surface area (Å²) in [6, 6.07) is 7.78. The Balaban J connectivity index is 1.79. The molecule has 3 rings (SSSR count). The Morgan fingerprint density at radius 2 is 1.90 bits per heavy atom. The van der Waals surface area contributed by atoms with E-state index in [2.05, 4.69) is 10.3 Å². The molecule has 1 aromatic carbocycles. The van der Waals surface area contributed by atoms with Crippen LogP contribution in [0.4, 0.5) is 4.79 Å². The van der Waals surface area contributed by atoms with Gasteiger partial charge in [-0.05, 0) is 19.1 Å². The lowest BCUT2D eigenvalue weighted by Crippen LogP contribution is -2.62. The van der Waals surface area contributed by atoms with Crippen LogP contribution in [0.1, 0.15) is 6.92 Å². The van der Waals surface area contributed by atoms with E-state index < -0.39 is 30.2 Å². The summed E-state index contributed by atoms with van der Waals surface area (Å²) in [5.74, 6) is 0.785. The number of nitrogens with zero attached hydrogens (tertiary/aromatic N) is 4. The highest BCUT2D eigenvalue weighted by Gasteiger charge is 2.51. The second kappa shape index (κ2) is 8.58. The number of ether oxygens (including phenoxy) is 1. The number of guanidine groups is 1. The third kappa shape index (κ3) is 4.38. The van der Waals surface area contributed by atoms with Crippen molar-refractivity contribution in [2.24, 2.45) is 4.99 Å². The van der Waals surface area contributed by atoms with Gasteiger partial charge >= 0.3 is 12.0 Å². The van der Waals surface area contributed by atoms with Crippen molar-refractivity contribution >= 4 is 23.7 Å². The molecule has 1 fully saturated rings. The minimum atomic E-state index is -0.922. The molecule has 1 saturated heterocycles. The molecule has 0 aromatic heterocycles. The average molecular weight is 404 g/mol. The number of nitrogens with one attached hydrogen (secondary N) is 1. The van der Waals surface area contributed by atoms with Gasteiger partial charge in [0.2, 0.25) is 11.9 Å². The number of amides is 3. The number of imide groups is 1. The fourth-order valence-corrected chi connectivity index (χ4v) is 3.16. The number of amidine groups is 1. The van der Waals surface area contributed by atoms with Crippen LogP contribution in [0.5, 0.6) is 5.75 Å². The van der Waals surface area contributed by atoms with E-state index in [1.165, 1.54) is 11.9 Å². The highest BCUT2D eigenvalue weighted by molar-refractivity contribution is 6.22. The summed E-state index contributed by atoms with van der Waals surface area (Å²) in [4.78, 5) is 31.7. The van der Waals surface area contributed by atoms with Crippen LogP contribution in [-0.2, 0) is 4.79 Å². The van der Waals surface area contributed by atoms with Crippen molar-refractivity contribution in [1.82, 2.24) is 15.1 Å². The summed E-state index contributed by atoms with van der Waals surface area (Å²) in [7, 11) is 2.95. The Kier molecular flexibility index (Phi) is 6.14. The smallest absolute Gasteiger partial charge is 0.390 e. The van der Waals surface area contributed by atoms with E-state index in [1.54, 1.807) is 30.7 Å². The normalized spacial score (nSPS) is 21.1. The van der Waals surface area contributed by atoms with Crippen molar-refractivity contribution in [3.63, 3.8) is 0 Å². The summed E-state index contributed by atoms with van der Waals surface area (Å²) >= 11 is 0. The molecule has 2 aliphatic heterocycles. The first kappa shape index (κ1) is 20.7. The number of hydrogen-bond acceptors (Lipinski definition) is 7. The Hall–Kier alpha value is -2.98. The molecule has 0 saturated carbocycles. The van der Waals surface area contributed by atoms with Crippen molar-refractivity contribution in [3.8, 4) is 5.75 Å². The van der Waals surface area contributed by atoms with Crippen LogP contribution >= 0.6 is 0 Å².